The Labute approximate surface area is 128 Å². The maximum atomic E-state index is 6.43. The minimum Gasteiger partial charge on any atom is -0.330 e. The van der Waals surface area contributed by atoms with Crippen LogP contribution < -0.4 is 5.73 Å². The van der Waals surface area contributed by atoms with E-state index in [2.05, 4.69) is 54.6 Å². The van der Waals surface area contributed by atoms with E-state index in [1.54, 1.807) is 0 Å². The maximum Gasteiger partial charge on any atom is 0.0951 e. The molecule has 0 saturated heterocycles. The van der Waals surface area contributed by atoms with Gasteiger partial charge in [-0.15, -0.1) is 0 Å². The molecule has 0 aliphatic heterocycles. The fraction of sp³-hybridized carbons (Fsp3) is 0.500. The molecule has 3 heteroatoms. The summed E-state index contributed by atoms with van der Waals surface area (Å²) >= 11 is 0. The van der Waals surface area contributed by atoms with Crippen LogP contribution in [0.5, 0.6) is 0 Å². The lowest BCUT2D eigenvalue weighted by Crippen LogP contribution is -2.22. The van der Waals surface area contributed by atoms with Crippen molar-refractivity contribution < 1.29 is 0 Å². The summed E-state index contributed by atoms with van der Waals surface area (Å²) in [5.74, 6) is 0.668. The molecule has 21 heavy (non-hydrogen) atoms. The van der Waals surface area contributed by atoms with Crippen LogP contribution in [0.3, 0.4) is 0 Å². The van der Waals surface area contributed by atoms with Crippen molar-refractivity contribution in [2.75, 3.05) is 0 Å². The predicted molar refractivity (Wildman–Crippen MR) is 88.1 cm³/mol. The minimum atomic E-state index is -0.00767. The summed E-state index contributed by atoms with van der Waals surface area (Å²) in [6.45, 7) is 6.79. The molecule has 0 aliphatic carbocycles. The average molecular weight is 285 g/mol. The average Bonchev–Trinajstić information content (AvgIpc) is 2.99. The number of hydrogen-bond acceptors (Lipinski definition) is 2. The molecule has 0 bridgehead atoms. The number of imidazole rings is 1. The van der Waals surface area contributed by atoms with Gasteiger partial charge in [-0.05, 0) is 24.8 Å². The highest BCUT2D eigenvalue weighted by Crippen LogP contribution is 2.27. The van der Waals surface area contributed by atoms with Gasteiger partial charge >= 0.3 is 0 Å². The van der Waals surface area contributed by atoms with Crippen LogP contribution in [0.15, 0.2) is 42.9 Å². The second-order valence-corrected chi connectivity index (χ2v) is 5.84. The van der Waals surface area contributed by atoms with E-state index in [0.29, 0.717) is 12.0 Å². The van der Waals surface area contributed by atoms with Crippen LogP contribution in [0, 0.1) is 5.92 Å². The van der Waals surface area contributed by atoms with Crippen molar-refractivity contribution >= 4 is 0 Å². The van der Waals surface area contributed by atoms with Crippen molar-refractivity contribution in [1.29, 1.82) is 0 Å². The molecule has 2 N–H and O–H groups in total. The smallest absolute Gasteiger partial charge is 0.0951 e. The zero-order chi connectivity index (χ0) is 15.2. The summed E-state index contributed by atoms with van der Waals surface area (Å²) in [6.07, 6.45) is 7.07. The lowest BCUT2D eigenvalue weighted by atomic mass is 9.94. The number of nitrogens with zero attached hydrogens (tertiary/aromatic N) is 2. The highest BCUT2D eigenvalue weighted by atomic mass is 15.1. The molecule has 0 saturated carbocycles. The highest BCUT2D eigenvalue weighted by Gasteiger charge is 2.20. The SMILES string of the molecule is CCC(CC)C(C)n1cncc1[C@H](N)Cc1ccccc1. The van der Waals surface area contributed by atoms with Crippen LogP contribution in [-0.2, 0) is 6.42 Å². The molecule has 114 valence electrons. The van der Waals surface area contributed by atoms with Gasteiger partial charge in [-0.3, -0.25) is 0 Å². The molecule has 2 atom stereocenters. The van der Waals surface area contributed by atoms with Crippen molar-refractivity contribution in [1.82, 2.24) is 9.55 Å². The summed E-state index contributed by atoms with van der Waals surface area (Å²) in [7, 11) is 0. The fourth-order valence-corrected chi connectivity index (χ4v) is 3.11. The molecule has 1 heterocycles. The minimum absolute atomic E-state index is 0.00767. The summed E-state index contributed by atoms with van der Waals surface area (Å²) in [5, 5.41) is 0. The first-order chi connectivity index (χ1) is 10.2. The normalized spacial score (nSPS) is 14.3. The molecular weight excluding hydrogens is 258 g/mol. The first-order valence-electron chi connectivity index (χ1n) is 7.98. The molecule has 1 unspecified atom stereocenters. The molecule has 1 aromatic carbocycles. The number of nitrogens with two attached hydrogens (primary N) is 1. The third-order valence-electron chi connectivity index (χ3n) is 4.54. The van der Waals surface area contributed by atoms with Gasteiger partial charge in [0.15, 0.2) is 0 Å². The number of hydrogen-bond donors (Lipinski definition) is 1. The van der Waals surface area contributed by atoms with E-state index in [9.17, 15) is 0 Å². The van der Waals surface area contributed by atoms with E-state index >= 15 is 0 Å². The van der Waals surface area contributed by atoms with Crippen molar-refractivity contribution in [2.24, 2.45) is 11.7 Å². The van der Waals surface area contributed by atoms with Gasteiger partial charge in [0.05, 0.1) is 18.1 Å². The number of rotatable bonds is 7. The van der Waals surface area contributed by atoms with Gasteiger partial charge in [-0.1, -0.05) is 57.0 Å². The summed E-state index contributed by atoms with van der Waals surface area (Å²) in [4.78, 5) is 4.34. The largest absolute Gasteiger partial charge is 0.330 e. The molecule has 0 spiro atoms. The summed E-state index contributed by atoms with van der Waals surface area (Å²) in [5.41, 5.74) is 8.84. The van der Waals surface area contributed by atoms with Crippen LogP contribution in [0.1, 0.15) is 57.0 Å². The first-order valence-corrected chi connectivity index (χ1v) is 7.98. The Hall–Kier alpha value is -1.61. The van der Waals surface area contributed by atoms with Crippen LogP contribution in [0.4, 0.5) is 0 Å². The number of aromatic nitrogens is 2. The molecular formula is C18H27N3. The highest BCUT2D eigenvalue weighted by molar-refractivity contribution is 5.18. The lowest BCUT2D eigenvalue weighted by molar-refractivity contribution is 0.323. The third kappa shape index (κ3) is 3.73. The van der Waals surface area contributed by atoms with Crippen LogP contribution in [0.25, 0.3) is 0 Å². The van der Waals surface area contributed by atoms with Gasteiger partial charge in [-0.25, -0.2) is 4.98 Å². The topological polar surface area (TPSA) is 43.8 Å². The monoisotopic (exact) mass is 285 g/mol. The molecule has 3 nitrogen and oxygen atoms in total. The Morgan fingerprint density at radius 1 is 1.14 bits per heavy atom. The predicted octanol–water partition coefficient (Wildman–Crippen LogP) is 4.12. The molecule has 0 amide bonds. The maximum absolute atomic E-state index is 6.43. The van der Waals surface area contributed by atoms with Crippen LogP contribution in [0.2, 0.25) is 0 Å². The Balaban J connectivity index is 2.15. The lowest BCUT2D eigenvalue weighted by Gasteiger charge is -2.26. The molecule has 0 radical (unpaired) electrons. The Morgan fingerprint density at radius 2 is 1.81 bits per heavy atom. The van der Waals surface area contributed by atoms with Gasteiger partial charge in [0.2, 0.25) is 0 Å². The van der Waals surface area contributed by atoms with Crippen molar-refractivity contribution in [3.8, 4) is 0 Å². The van der Waals surface area contributed by atoms with Gasteiger partial charge in [0.1, 0.15) is 0 Å². The molecule has 0 aliphatic rings. The van der Waals surface area contributed by atoms with E-state index in [-0.39, 0.29) is 6.04 Å². The molecule has 2 rings (SSSR count). The van der Waals surface area contributed by atoms with Crippen LogP contribution >= 0.6 is 0 Å². The Bertz CT molecular complexity index is 528. The molecule has 2 aromatic rings. The van der Waals surface area contributed by atoms with E-state index in [1.165, 1.54) is 18.4 Å². The second-order valence-electron chi connectivity index (χ2n) is 5.84. The van der Waals surface area contributed by atoms with Crippen molar-refractivity contribution in [2.45, 2.75) is 52.1 Å². The quantitative estimate of drug-likeness (QED) is 0.831. The summed E-state index contributed by atoms with van der Waals surface area (Å²) < 4.78 is 2.27. The Morgan fingerprint density at radius 3 is 2.43 bits per heavy atom. The molecule has 0 fully saturated rings. The van der Waals surface area contributed by atoms with E-state index in [0.717, 1.165) is 12.1 Å². The van der Waals surface area contributed by atoms with Gasteiger partial charge in [0.25, 0.3) is 0 Å². The first kappa shape index (κ1) is 15.8. The van der Waals surface area contributed by atoms with Gasteiger partial charge < -0.3 is 10.3 Å². The van der Waals surface area contributed by atoms with Gasteiger partial charge in [0, 0.05) is 12.2 Å². The van der Waals surface area contributed by atoms with Crippen molar-refractivity contribution in [3.63, 3.8) is 0 Å². The van der Waals surface area contributed by atoms with E-state index < -0.39 is 0 Å². The third-order valence-corrected chi connectivity index (χ3v) is 4.54. The fourth-order valence-electron chi connectivity index (χ4n) is 3.11. The standard InChI is InChI=1S/C18H27N3/c1-4-16(5-2)14(3)21-13-20-12-18(21)17(19)11-15-9-7-6-8-10-15/h6-10,12-14,16-17H,4-5,11,19H2,1-3H3/t14?,17-/m1/s1. The van der Waals surface area contributed by atoms with E-state index in [4.69, 9.17) is 5.73 Å². The zero-order valence-electron chi connectivity index (χ0n) is 13.4. The Kier molecular flexibility index (Phi) is 5.57. The van der Waals surface area contributed by atoms with Crippen LogP contribution in [-0.4, -0.2) is 9.55 Å². The van der Waals surface area contributed by atoms with Crippen molar-refractivity contribution in [3.05, 3.63) is 54.1 Å². The molecule has 1 aromatic heterocycles. The summed E-state index contributed by atoms with van der Waals surface area (Å²) in [6, 6.07) is 10.9. The zero-order valence-corrected chi connectivity index (χ0v) is 13.4. The van der Waals surface area contributed by atoms with Gasteiger partial charge in [-0.2, -0.15) is 0 Å². The number of benzene rings is 1. The second kappa shape index (κ2) is 7.41. The van der Waals surface area contributed by atoms with E-state index in [1.807, 2.05) is 18.6 Å².